The van der Waals surface area contributed by atoms with E-state index in [-0.39, 0.29) is 30.7 Å². The molecule has 1 aliphatic heterocycles. The summed E-state index contributed by atoms with van der Waals surface area (Å²) in [6, 6.07) is 16.1. The average Bonchev–Trinajstić information content (AvgIpc) is 3.18. The van der Waals surface area contributed by atoms with Gasteiger partial charge in [0.1, 0.15) is 6.04 Å². The maximum absolute atomic E-state index is 13.6. The van der Waals surface area contributed by atoms with Crippen molar-refractivity contribution in [2.75, 3.05) is 18.0 Å². The van der Waals surface area contributed by atoms with Crippen LogP contribution in [0.1, 0.15) is 61.9 Å². The fourth-order valence-electron chi connectivity index (χ4n) is 4.99. The molecule has 0 saturated carbocycles. The molecule has 1 aliphatic rings. The van der Waals surface area contributed by atoms with E-state index in [1.807, 2.05) is 43.3 Å². The zero-order valence-corrected chi connectivity index (χ0v) is 23.3. The molecule has 3 aromatic carbocycles. The Labute approximate surface area is 233 Å². The fourth-order valence-corrected chi connectivity index (χ4v) is 5.46. The van der Waals surface area contributed by atoms with Crippen molar-refractivity contribution in [3.8, 4) is 0 Å². The van der Waals surface area contributed by atoms with Gasteiger partial charge >= 0.3 is 0 Å². The Hall–Kier alpha value is -3.09. The minimum absolute atomic E-state index is 0.0456. The first kappa shape index (κ1) is 27.9. The van der Waals surface area contributed by atoms with Gasteiger partial charge in [-0.1, -0.05) is 73.8 Å². The number of rotatable bonds is 12. The number of nitrogens with one attached hydrogen (secondary N) is 1. The summed E-state index contributed by atoms with van der Waals surface area (Å²) < 4.78 is 0. The molecule has 3 aromatic rings. The average molecular weight is 555 g/mol. The first-order chi connectivity index (χ1) is 18.3. The lowest BCUT2D eigenvalue weighted by atomic mass is 10.1. The largest absolute Gasteiger partial charge is 0.354 e. The number of benzene rings is 3. The van der Waals surface area contributed by atoms with Crippen LogP contribution in [0.25, 0.3) is 10.8 Å². The van der Waals surface area contributed by atoms with Gasteiger partial charge in [-0.3, -0.25) is 14.4 Å². The van der Waals surface area contributed by atoms with Crippen LogP contribution in [-0.4, -0.2) is 41.8 Å². The highest BCUT2D eigenvalue weighted by Gasteiger charge is 2.31. The summed E-state index contributed by atoms with van der Waals surface area (Å²) in [5, 5.41) is 5.91. The van der Waals surface area contributed by atoms with Gasteiger partial charge in [-0.25, -0.2) is 0 Å². The topological polar surface area (TPSA) is 69.7 Å². The second kappa shape index (κ2) is 12.6. The van der Waals surface area contributed by atoms with Crippen LogP contribution >= 0.6 is 23.2 Å². The summed E-state index contributed by atoms with van der Waals surface area (Å²) in [5.41, 5.74) is 2.29. The quantitative estimate of drug-likeness (QED) is 0.256. The number of carbonyl (C=O) groups excluding carboxylic acids is 3. The molecule has 1 atom stereocenters. The summed E-state index contributed by atoms with van der Waals surface area (Å²) in [4.78, 5) is 43.1. The van der Waals surface area contributed by atoms with E-state index in [0.717, 1.165) is 34.9 Å². The molecule has 0 radical (unpaired) electrons. The summed E-state index contributed by atoms with van der Waals surface area (Å²) in [7, 11) is 0. The minimum Gasteiger partial charge on any atom is -0.354 e. The third-order valence-corrected chi connectivity index (χ3v) is 7.58. The van der Waals surface area contributed by atoms with Gasteiger partial charge in [0.15, 0.2) is 0 Å². The third kappa shape index (κ3) is 5.97. The molecule has 1 N–H and O–H groups in total. The Kier molecular flexibility index (Phi) is 9.29. The molecule has 0 spiro atoms. The van der Waals surface area contributed by atoms with Crippen molar-refractivity contribution < 1.29 is 14.4 Å². The van der Waals surface area contributed by atoms with E-state index < -0.39 is 6.04 Å². The number of halogens is 2. The first-order valence-corrected chi connectivity index (χ1v) is 14.0. The van der Waals surface area contributed by atoms with Gasteiger partial charge in [0.25, 0.3) is 5.91 Å². The molecule has 6 nitrogen and oxygen atoms in total. The molecule has 0 bridgehead atoms. The zero-order valence-electron chi connectivity index (χ0n) is 21.8. The van der Waals surface area contributed by atoms with E-state index in [1.54, 1.807) is 28.0 Å². The smallest absolute Gasteiger partial charge is 0.258 e. The Morgan fingerprint density at radius 2 is 1.79 bits per heavy atom. The van der Waals surface area contributed by atoms with E-state index in [2.05, 4.69) is 12.2 Å². The Morgan fingerprint density at radius 3 is 2.50 bits per heavy atom. The fraction of sp³-hybridized carbons (Fsp3) is 0.367. The monoisotopic (exact) mass is 553 g/mol. The highest BCUT2D eigenvalue weighted by molar-refractivity contribution is 6.35. The van der Waals surface area contributed by atoms with E-state index in [4.69, 9.17) is 23.2 Å². The van der Waals surface area contributed by atoms with Crippen LogP contribution in [0.3, 0.4) is 0 Å². The second-order valence-electron chi connectivity index (χ2n) is 9.57. The second-order valence-corrected chi connectivity index (χ2v) is 10.4. The molecule has 4 rings (SSSR count). The molecule has 3 amide bonds. The zero-order chi connectivity index (χ0) is 27.2. The van der Waals surface area contributed by atoms with Crippen molar-refractivity contribution in [3.63, 3.8) is 0 Å². The lowest BCUT2D eigenvalue weighted by Gasteiger charge is -2.31. The van der Waals surface area contributed by atoms with Crippen molar-refractivity contribution in [2.24, 2.45) is 0 Å². The van der Waals surface area contributed by atoms with Crippen LogP contribution in [-0.2, 0) is 16.1 Å². The predicted octanol–water partition coefficient (Wildman–Crippen LogP) is 6.61. The molecular weight excluding hydrogens is 521 g/mol. The molecule has 8 heteroatoms. The van der Waals surface area contributed by atoms with Crippen molar-refractivity contribution in [2.45, 2.75) is 58.5 Å². The van der Waals surface area contributed by atoms with Gasteiger partial charge in [0.2, 0.25) is 11.8 Å². The van der Waals surface area contributed by atoms with Gasteiger partial charge in [0.05, 0.1) is 5.69 Å². The van der Waals surface area contributed by atoms with E-state index in [0.29, 0.717) is 41.5 Å². The first-order valence-electron chi connectivity index (χ1n) is 13.2. The molecule has 1 heterocycles. The maximum Gasteiger partial charge on any atom is 0.258 e. The number of hydrogen-bond acceptors (Lipinski definition) is 3. The maximum atomic E-state index is 13.6. The number of anilines is 1. The van der Waals surface area contributed by atoms with E-state index in [1.165, 1.54) is 0 Å². The van der Waals surface area contributed by atoms with Gasteiger partial charge in [-0.2, -0.15) is 0 Å². The van der Waals surface area contributed by atoms with Crippen molar-refractivity contribution >= 4 is 57.4 Å². The van der Waals surface area contributed by atoms with Crippen molar-refractivity contribution in [1.29, 1.82) is 0 Å². The Balaban J connectivity index is 1.49. The lowest BCUT2D eigenvalue weighted by Crippen LogP contribution is -2.49. The Bertz CT molecular complexity index is 1340. The molecule has 0 fully saturated rings. The van der Waals surface area contributed by atoms with Crippen LogP contribution in [0.5, 0.6) is 0 Å². The molecule has 0 saturated heterocycles. The number of carbonyl (C=O) groups is 3. The van der Waals surface area contributed by atoms with Gasteiger partial charge in [-0.05, 0) is 54.5 Å². The molecule has 0 aromatic heterocycles. The number of hydrogen-bond donors (Lipinski definition) is 1. The summed E-state index contributed by atoms with van der Waals surface area (Å²) in [5.74, 6) is -0.372. The summed E-state index contributed by atoms with van der Waals surface area (Å²) >= 11 is 12.5. The van der Waals surface area contributed by atoms with E-state index in [9.17, 15) is 14.4 Å². The van der Waals surface area contributed by atoms with Crippen LogP contribution in [0.15, 0.2) is 54.6 Å². The number of amides is 3. The highest BCUT2D eigenvalue weighted by Crippen LogP contribution is 2.37. The molecule has 0 aliphatic carbocycles. The van der Waals surface area contributed by atoms with Crippen LogP contribution in [0, 0.1) is 0 Å². The standard InChI is InChI=1S/C30H33Cl2N3O3/c1-3-5-16-33-29(37)25(4-2)35(19-21-14-15-22(31)18-24(21)32)27(36)13-8-17-34-26-12-7-10-20-9-6-11-23(28(20)26)30(34)38/h6-7,9-12,14-15,18,25H,3-5,8,13,16-17,19H2,1-2H3,(H,33,37)/t25-/m0/s1. The number of unbranched alkanes of at least 4 members (excludes halogenated alkanes) is 1. The van der Waals surface area contributed by atoms with Gasteiger partial charge in [0, 0.05) is 47.1 Å². The van der Waals surface area contributed by atoms with E-state index >= 15 is 0 Å². The summed E-state index contributed by atoms with van der Waals surface area (Å²) in [6.07, 6.45) is 2.97. The molecule has 38 heavy (non-hydrogen) atoms. The normalized spacial score (nSPS) is 13.2. The number of nitrogens with zero attached hydrogens (tertiary/aromatic N) is 2. The van der Waals surface area contributed by atoms with Crippen LogP contribution < -0.4 is 10.2 Å². The van der Waals surface area contributed by atoms with Crippen molar-refractivity contribution in [3.05, 3.63) is 75.8 Å². The molecule has 200 valence electrons. The Morgan fingerprint density at radius 1 is 1.03 bits per heavy atom. The SMILES string of the molecule is CCCCNC(=O)[C@H](CC)N(Cc1ccc(Cl)cc1Cl)C(=O)CCCN1C(=O)c2cccc3cccc1c23. The van der Waals surface area contributed by atoms with Crippen LogP contribution in [0.4, 0.5) is 5.69 Å². The lowest BCUT2D eigenvalue weighted by molar-refractivity contribution is -0.141. The van der Waals surface area contributed by atoms with Gasteiger partial charge in [-0.15, -0.1) is 0 Å². The van der Waals surface area contributed by atoms with Crippen molar-refractivity contribution in [1.82, 2.24) is 10.2 Å². The molecule has 0 unspecified atom stereocenters. The summed E-state index contributed by atoms with van der Waals surface area (Å²) in [6.45, 7) is 5.13. The van der Waals surface area contributed by atoms with Gasteiger partial charge < -0.3 is 15.1 Å². The predicted molar refractivity (Wildman–Crippen MR) is 154 cm³/mol. The highest BCUT2D eigenvalue weighted by atomic mass is 35.5. The third-order valence-electron chi connectivity index (χ3n) is 6.99. The molecular formula is C30H33Cl2N3O3. The van der Waals surface area contributed by atoms with Crippen LogP contribution in [0.2, 0.25) is 10.0 Å². The minimum atomic E-state index is -0.627.